The average molecular weight is 454 g/mol. The van der Waals surface area contributed by atoms with Crippen molar-refractivity contribution in [3.8, 4) is 17.0 Å². The van der Waals surface area contributed by atoms with Gasteiger partial charge in [0.05, 0.1) is 5.69 Å². The number of nitrogens with zero attached hydrogens (tertiary/aromatic N) is 2. The van der Waals surface area contributed by atoms with Gasteiger partial charge in [-0.15, -0.1) is 13.2 Å². The summed E-state index contributed by atoms with van der Waals surface area (Å²) in [7, 11) is 0. The maximum atomic E-state index is 12.3. The minimum atomic E-state index is -4.78. The largest absolute Gasteiger partial charge is 0.573 e. The topological polar surface area (TPSA) is 104 Å². The molecular formula is C22H17F3N6O2. The Morgan fingerprint density at radius 3 is 2.42 bits per heavy atom. The van der Waals surface area contributed by atoms with Crippen LogP contribution in [0.25, 0.3) is 11.3 Å². The van der Waals surface area contributed by atoms with Crippen LogP contribution in [0, 0.1) is 0 Å². The first-order chi connectivity index (χ1) is 15.8. The minimum Gasteiger partial charge on any atom is -0.406 e. The van der Waals surface area contributed by atoms with E-state index in [1.807, 2.05) is 12.3 Å². The Bertz CT molecular complexity index is 1230. The molecule has 0 bridgehead atoms. The molecule has 2 aromatic heterocycles. The minimum absolute atomic E-state index is 0.297. The van der Waals surface area contributed by atoms with Gasteiger partial charge in [-0.1, -0.05) is 6.07 Å². The first kappa shape index (κ1) is 21.7. The van der Waals surface area contributed by atoms with Crippen LogP contribution in [0.5, 0.6) is 5.75 Å². The lowest BCUT2D eigenvalue weighted by Crippen LogP contribution is -2.19. The molecule has 0 unspecified atom stereocenters. The van der Waals surface area contributed by atoms with Crippen LogP contribution in [0.15, 0.2) is 79.3 Å². The van der Waals surface area contributed by atoms with Crippen LogP contribution in [0.4, 0.5) is 41.0 Å². The molecule has 0 spiro atoms. The fraction of sp³-hybridized carbons (Fsp3) is 0.0455. The van der Waals surface area contributed by atoms with E-state index in [4.69, 9.17) is 0 Å². The molecule has 11 heteroatoms. The van der Waals surface area contributed by atoms with Crippen LogP contribution in [-0.2, 0) is 0 Å². The Kier molecular flexibility index (Phi) is 6.11. The fourth-order valence-corrected chi connectivity index (χ4v) is 2.90. The number of rotatable bonds is 6. The van der Waals surface area contributed by atoms with E-state index in [2.05, 4.69) is 35.6 Å². The SMILES string of the molecule is O=C(Nc1ccc(OC(F)(F)F)cc1)Nc1cccc(Nc2nccc(-c3cc[nH]c3)n2)c1. The zero-order valence-corrected chi connectivity index (χ0v) is 16.9. The number of aromatic nitrogens is 3. The highest BCUT2D eigenvalue weighted by Crippen LogP contribution is 2.24. The molecule has 0 atom stereocenters. The molecule has 168 valence electrons. The maximum absolute atomic E-state index is 12.3. The van der Waals surface area contributed by atoms with E-state index in [0.29, 0.717) is 23.0 Å². The summed E-state index contributed by atoms with van der Waals surface area (Å²) in [5.74, 6) is 0.00601. The summed E-state index contributed by atoms with van der Waals surface area (Å²) in [5, 5.41) is 8.28. The molecule has 2 aromatic carbocycles. The second-order valence-corrected chi connectivity index (χ2v) is 6.72. The van der Waals surface area contributed by atoms with E-state index >= 15 is 0 Å². The molecule has 8 nitrogen and oxygen atoms in total. The fourth-order valence-electron chi connectivity index (χ4n) is 2.90. The molecule has 0 aliphatic rings. The van der Waals surface area contributed by atoms with Crippen LogP contribution in [0.1, 0.15) is 0 Å². The van der Waals surface area contributed by atoms with E-state index in [9.17, 15) is 18.0 Å². The Morgan fingerprint density at radius 2 is 1.70 bits per heavy atom. The summed E-state index contributed by atoms with van der Waals surface area (Å²) >= 11 is 0. The number of alkyl halides is 3. The zero-order valence-electron chi connectivity index (χ0n) is 16.9. The average Bonchev–Trinajstić information content (AvgIpc) is 3.30. The van der Waals surface area contributed by atoms with Gasteiger partial charge in [-0.3, -0.25) is 0 Å². The highest BCUT2D eigenvalue weighted by Gasteiger charge is 2.30. The molecule has 4 aromatic rings. The quantitative estimate of drug-likeness (QED) is 0.297. The lowest BCUT2D eigenvalue weighted by molar-refractivity contribution is -0.274. The summed E-state index contributed by atoms with van der Waals surface area (Å²) in [5.41, 5.74) is 3.09. The molecule has 2 amide bonds. The second kappa shape index (κ2) is 9.30. The molecule has 0 aliphatic heterocycles. The number of hydrogen-bond donors (Lipinski definition) is 4. The molecule has 0 saturated carbocycles. The van der Waals surface area contributed by atoms with E-state index in [1.165, 1.54) is 12.1 Å². The van der Waals surface area contributed by atoms with Gasteiger partial charge in [0, 0.05) is 41.2 Å². The van der Waals surface area contributed by atoms with Crippen molar-refractivity contribution in [1.29, 1.82) is 0 Å². The van der Waals surface area contributed by atoms with Gasteiger partial charge in [0.25, 0.3) is 0 Å². The molecule has 4 N–H and O–H groups in total. The molecule has 0 radical (unpaired) electrons. The molecular weight excluding hydrogens is 437 g/mol. The van der Waals surface area contributed by atoms with Crippen LogP contribution in [0.2, 0.25) is 0 Å². The first-order valence-corrected chi connectivity index (χ1v) is 9.61. The second-order valence-electron chi connectivity index (χ2n) is 6.72. The first-order valence-electron chi connectivity index (χ1n) is 9.61. The van der Waals surface area contributed by atoms with Gasteiger partial charge in [0.15, 0.2) is 0 Å². The molecule has 2 heterocycles. The summed E-state index contributed by atoms with van der Waals surface area (Å²) in [6.45, 7) is 0. The summed E-state index contributed by atoms with van der Waals surface area (Å²) in [4.78, 5) is 23.9. The standard InChI is InChI=1S/C22H17F3N6O2/c23-22(24,25)33-18-6-4-15(5-7-18)29-21(32)30-17-3-1-2-16(12-17)28-20-27-11-9-19(31-20)14-8-10-26-13-14/h1-13,26H,(H,27,28,31)(H2,29,30,32). The van der Waals surface area contributed by atoms with E-state index in [-0.39, 0.29) is 5.75 Å². The van der Waals surface area contributed by atoms with Crippen molar-refractivity contribution in [2.45, 2.75) is 6.36 Å². The summed E-state index contributed by atoms with van der Waals surface area (Å²) < 4.78 is 40.5. The van der Waals surface area contributed by atoms with Crippen LogP contribution in [-0.4, -0.2) is 27.3 Å². The highest BCUT2D eigenvalue weighted by molar-refractivity contribution is 6.00. The highest BCUT2D eigenvalue weighted by atomic mass is 19.4. The zero-order chi connectivity index (χ0) is 23.3. The number of carbonyl (C=O) groups excluding carboxylic acids is 1. The van der Waals surface area contributed by atoms with Crippen molar-refractivity contribution in [2.24, 2.45) is 0 Å². The van der Waals surface area contributed by atoms with Gasteiger partial charge >= 0.3 is 12.4 Å². The number of amides is 2. The number of H-pyrrole nitrogens is 1. The smallest absolute Gasteiger partial charge is 0.406 e. The Labute approximate surface area is 185 Å². The third kappa shape index (κ3) is 6.23. The number of urea groups is 1. The van der Waals surface area contributed by atoms with Crippen LogP contribution in [0.3, 0.4) is 0 Å². The van der Waals surface area contributed by atoms with Gasteiger partial charge in [-0.05, 0) is 54.6 Å². The molecule has 33 heavy (non-hydrogen) atoms. The van der Waals surface area contributed by atoms with Crippen molar-refractivity contribution < 1.29 is 22.7 Å². The Hall–Kier alpha value is -4.54. The van der Waals surface area contributed by atoms with Crippen molar-refractivity contribution in [2.75, 3.05) is 16.0 Å². The number of anilines is 4. The molecule has 0 aliphatic carbocycles. The number of halogens is 3. The normalized spacial score (nSPS) is 11.0. The monoisotopic (exact) mass is 454 g/mol. The van der Waals surface area contributed by atoms with E-state index < -0.39 is 12.4 Å². The number of benzene rings is 2. The lowest BCUT2D eigenvalue weighted by Gasteiger charge is -2.11. The number of carbonyl (C=O) groups is 1. The predicted molar refractivity (Wildman–Crippen MR) is 117 cm³/mol. The molecule has 4 rings (SSSR count). The van der Waals surface area contributed by atoms with Gasteiger partial charge in [0.2, 0.25) is 5.95 Å². The third-order valence-corrected chi connectivity index (χ3v) is 4.27. The molecule has 0 fully saturated rings. The Balaban J connectivity index is 1.37. The van der Waals surface area contributed by atoms with Crippen LogP contribution >= 0.6 is 0 Å². The number of aromatic amines is 1. The van der Waals surface area contributed by atoms with E-state index in [0.717, 1.165) is 23.4 Å². The number of nitrogens with one attached hydrogen (secondary N) is 4. The van der Waals surface area contributed by atoms with Gasteiger partial charge in [-0.25, -0.2) is 14.8 Å². The van der Waals surface area contributed by atoms with Crippen molar-refractivity contribution in [3.63, 3.8) is 0 Å². The summed E-state index contributed by atoms with van der Waals surface area (Å²) in [6.07, 6.45) is 0.486. The number of ether oxygens (including phenoxy) is 1. The predicted octanol–water partition coefficient (Wildman–Crippen LogP) is 5.76. The number of hydrogen-bond acceptors (Lipinski definition) is 5. The van der Waals surface area contributed by atoms with Crippen LogP contribution < -0.4 is 20.7 Å². The van der Waals surface area contributed by atoms with Crippen molar-refractivity contribution in [1.82, 2.24) is 15.0 Å². The Morgan fingerprint density at radius 1 is 0.939 bits per heavy atom. The molecule has 0 saturated heterocycles. The lowest BCUT2D eigenvalue weighted by atomic mass is 10.2. The van der Waals surface area contributed by atoms with Crippen molar-refractivity contribution >= 4 is 29.0 Å². The van der Waals surface area contributed by atoms with E-state index in [1.54, 1.807) is 42.7 Å². The maximum Gasteiger partial charge on any atom is 0.573 e. The summed E-state index contributed by atoms with van der Waals surface area (Å²) in [6, 6.07) is 14.8. The van der Waals surface area contributed by atoms with Gasteiger partial charge < -0.3 is 25.7 Å². The van der Waals surface area contributed by atoms with Gasteiger partial charge in [-0.2, -0.15) is 0 Å². The van der Waals surface area contributed by atoms with Gasteiger partial charge in [0.1, 0.15) is 5.75 Å². The van der Waals surface area contributed by atoms with Crippen molar-refractivity contribution in [3.05, 3.63) is 79.3 Å². The third-order valence-electron chi connectivity index (χ3n) is 4.27.